The molecule has 0 heterocycles. The van der Waals surface area contributed by atoms with Gasteiger partial charge in [0.05, 0.1) is 19.3 Å². The summed E-state index contributed by atoms with van der Waals surface area (Å²) in [5.41, 5.74) is 0.157. The number of methoxy groups -OCH3 is 1. The number of ether oxygens (including phenoxy) is 1. The van der Waals surface area contributed by atoms with Crippen LogP contribution in [-0.2, 0) is 14.5 Å². The molecule has 0 amide bonds. The molecule has 3 heteroatoms. The van der Waals surface area contributed by atoms with E-state index in [-0.39, 0.29) is 11.5 Å². The first-order chi connectivity index (χ1) is 6.02. The molecule has 3 nitrogen and oxygen atoms in total. The van der Waals surface area contributed by atoms with E-state index in [2.05, 4.69) is 20.8 Å². The van der Waals surface area contributed by atoms with E-state index in [1.807, 2.05) is 6.92 Å². The van der Waals surface area contributed by atoms with Gasteiger partial charge in [-0.3, -0.25) is 0 Å². The zero-order chi connectivity index (χ0) is 10.3. The van der Waals surface area contributed by atoms with Gasteiger partial charge in [0.25, 0.3) is 0 Å². The van der Waals surface area contributed by atoms with Crippen LogP contribution in [0.4, 0.5) is 0 Å². The van der Waals surface area contributed by atoms with Gasteiger partial charge in [-0.2, -0.15) is 0 Å². The summed E-state index contributed by atoms with van der Waals surface area (Å²) in [5.74, 6) is 0. The molecule has 0 aromatic rings. The Kier molecular flexibility index (Phi) is 6.29. The number of hydrogen-bond acceptors (Lipinski definition) is 3. The van der Waals surface area contributed by atoms with Gasteiger partial charge in [-0.25, -0.2) is 9.78 Å². The van der Waals surface area contributed by atoms with Crippen molar-refractivity contribution in [3.05, 3.63) is 0 Å². The first-order valence-electron chi connectivity index (χ1n) is 4.79. The largest absolute Gasteiger partial charge is 0.381 e. The molecule has 13 heavy (non-hydrogen) atoms. The predicted octanol–water partition coefficient (Wildman–Crippen LogP) is 2.41. The van der Waals surface area contributed by atoms with Crippen LogP contribution in [0.25, 0.3) is 0 Å². The fourth-order valence-corrected chi connectivity index (χ4v) is 1.20. The third kappa shape index (κ3) is 6.02. The lowest BCUT2D eigenvalue weighted by Gasteiger charge is -2.28. The number of hydrogen-bond donors (Lipinski definition) is 0. The SMILES string of the molecule is CCOOCCC(OC)C(C)(C)C. The van der Waals surface area contributed by atoms with Crippen molar-refractivity contribution in [2.75, 3.05) is 20.3 Å². The Bertz CT molecular complexity index is 118. The van der Waals surface area contributed by atoms with Crippen LogP contribution in [0, 0.1) is 5.41 Å². The average Bonchev–Trinajstić information content (AvgIpc) is 2.02. The highest BCUT2D eigenvalue weighted by molar-refractivity contribution is 4.73. The normalized spacial score (nSPS) is 14.5. The van der Waals surface area contributed by atoms with E-state index in [1.54, 1.807) is 7.11 Å². The lowest BCUT2D eigenvalue weighted by Crippen LogP contribution is -2.29. The highest BCUT2D eigenvalue weighted by Gasteiger charge is 2.23. The molecular formula is C10H22O3. The van der Waals surface area contributed by atoms with Crippen molar-refractivity contribution < 1.29 is 14.5 Å². The van der Waals surface area contributed by atoms with Crippen LogP contribution in [-0.4, -0.2) is 26.4 Å². The average molecular weight is 190 g/mol. The van der Waals surface area contributed by atoms with Gasteiger partial charge in [-0.1, -0.05) is 20.8 Å². The summed E-state index contributed by atoms with van der Waals surface area (Å²) < 4.78 is 5.36. The van der Waals surface area contributed by atoms with Gasteiger partial charge < -0.3 is 4.74 Å². The maximum absolute atomic E-state index is 5.36. The summed E-state index contributed by atoms with van der Waals surface area (Å²) in [6.45, 7) is 9.54. The quantitative estimate of drug-likeness (QED) is 0.366. The van der Waals surface area contributed by atoms with Crippen LogP contribution in [0.5, 0.6) is 0 Å². The van der Waals surface area contributed by atoms with Gasteiger partial charge in [0.15, 0.2) is 0 Å². The molecule has 0 N–H and O–H groups in total. The summed E-state index contributed by atoms with van der Waals surface area (Å²) in [4.78, 5) is 9.72. The molecule has 1 atom stereocenters. The van der Waals surface area contributed by atoms with Crippen molar-refractivity contribution in [2.24, 2.45) is 5.41 Å². The number of rotatable bonds is 6. The van der Waals surface area contributed by atoms with E-state index in [1.165, 1.54) is 0 Å². The Hall–Kier alpha value is -0.120. The lowest BCUT2D eigenvalue weighted by molar-refractivity contribution is -0.294. The Morgan fingerprint density at radius 2 is 1.77 bits per heavy atom. The maximum Gasteiger partial charge on any atom is 0.0847 e. The molecule has 0 saturated heterocycles. The summed E-state index contributed by atoms with van der Waals surface area (Å²) in [5, 5.41) is 0. The summed E-state index contributed by atoms with van der Waals surface area (Å²) in [7, 11) is 1.73. The first kappa shape index (κ1) is 12.9. The third-order valence-electron chi connectivity index (χ3n) is 1.92. The second-order valence-electron chi connectivity index (χ2n) is 4.11. The van der Waals surface area contributed by atoms with E-state index in [4.69, 9.17) is 14.5 Å². The molecule has 0 fully saturated rings. The molecule has 0 rings (SSSR count). The maximum atomic E-state index is 5.36. The van der Waals surface area contributed by atoms with Crippen molar-refractivity contribution in [1.82, 2.24) is 0 Å². The van der Waals surface area contributed by atoms with E-state index in [9.17, 15) is 0 Å². The Morgan fingerprint density at radius 1 is 1.15 bits per heavy atom. The zero-order valence-electron chi connectivity index (χ0n) is 9.42. The van der Waals surface area contributed by atoms with Gasteiger partial charge in [-0.15, -0.1) is 0 Å². The van der Waals surface area contributed by atoms with Crippen LogP contribution in [0.2, 0.25) is 0 Å². The Morgan fingerprint density at radius 3 is 2.15 bits per heavy atom. The second-order valence-corrected chi connectivity index (χ2v) is 4.11. The highest BCUT2D eigenvalue weighted by atomic mass is 17.2. The Labute approximate surface area is 81.3 Å². The smallest absolute Gasteiger partial charge is 0.0847 e. The van der Waals surface area contributed by atoms with Crippen LogP contribution in [0.3, 0.4) is 0 Å². The molecule has 0 saturated carbocycles. The van der Waals surface area contributed by atoms with Gasteiger partial charge in [0, 0.05) is 13.5 Å². The fourth-order valence-electron chi connectivity index (χ4n) is 1.20. The van der Waals surface area contributed by atoms with Crippen LogP contribution in [0.15, 0.2) is 0 Å². The Balaban J connectivity index is 3.61. The van der Waals surface area contributed by atoms with Gasteiger partial charge in [0.2, 0.25) is 0 Å². The molecule has 0 bridgehead atoms. The topological polar surface area (TPSA) is 27.7 Å². The van der Waals surface area contributed by atoms with E-state index in [0.29, 0.717) is 13.2 Å². The van der Waals surface area contributed by atoms with Gasteiger partial charge in [-0.05, 0) is 12.3 Å². The van der Waals surface area contributed by atoms with E-state index < -0.39 is 0 Å². The minimum absolute atomic E-state index is 0.157. The lowest BCUT2D eigenvalue weighted by atomic mass is 9.87. The summed E-state index contributed by atoms with van der Waals surface area (Å²) in [6, 6.07) is 0. The summed E-state index contributed by atoms with van der Waals surface area (Å²) in [6.07, 6.45) is 1.08. The molecule has 1 unspecified atom stereocenters. The molecule has 0 spiro atoms. The molecule has 0 aromatic heterocycles. The minimum atomic E-state index is 0.157. The minimum Gasteiger partial charge on any atom is -0.381 e. The standard InChI is InChI=1S/C10H22O3/c1-6-12-13-8-7-9(11-5)10(2,3)4/h9H,6-8H2,1-5H3. The molecule has 0 aromatic carbocycles. The summed E-state index contributed by atoms with van der Waals surface area (Å²) >= 11 is 0. The highest BCUT2D eigenvalue weighted by Crippen LogP contribution is 2.24. The monoisotopic (exact) mass is 190 g/mol. The van der Waals surface area contributed by atoms with E-state index >= 15 is 0 Å². The van der Waals surface area contributed by atoms with Crippen molar-refractivity contribution in [3.63, 3.8) is 0 Å². The van der Waals surface area contributed by atoms with Crippen molar-refractivity contribution >= 4 is 0 Å². The predicted molar refractivity (Wildman–Crippen MR) is 52.4 cm³/mol. The molecule has 0 aliphatic rings. The van der Waals surface area contributed by atoms with Crippen molar-refractivity contribution in [3.8, 4) is 0 Å². The van der Waals surface area contributed by atoms with Gasteiger partial charge in [0.1, 0.15) is 0 Å². The fraction of sp³-hybridized carbons (Fsp3) is 1.00. The molecule has 80 valence electrons. The first-order valence-corrected chi connectivity index (χ1v) is 4.79. The second kappa shape index (κ2) is 6.35. The van der Waals surface area contributed by atoms with E-state index in [0.717, 1.165) is 6.42 Å². The van der Waals surface area contributed by atoms with Crippen molar-refractivity contribution in [1.29, 1.82) is 0 Å². The molecule has 0 aliphatic heterocycles. The molecular weight excluding hydrogens is 168 g/mol. The zero-order valence-corrected chi connectivity index (χ0v) is 9.42. The molecule has 0 aliphatic carbocycles. The van der Waals surface area contributed by atoms with Crippen LogP contribution >= 0.6 is 0 Å². The van der Waals surface area contributed by atoms with Crippen molar-refractivity contribution in [2.45, 2.75) is 40.2 Å². The van der Waals surface area contributed by atoms with Gasteiger partial charge >= 0.3 is 0 Å². The van der Waals surface area contributed by atoms with Crippen LogP contribution in [0.1, 0.15) is 34.1 Å². The van der Waals surface area contributed by atoms with Crippen LogP contribution < -0.4 is 0 Å². The third-order valence-corrected chi connectivity index (χ3v) is 1.92. The molecule has 0 radical (unpaired) electrons.